The molecule has 3 rings (SSSR count). The summed E-state index contributed by atoms with van der Waals surface area (Å²) in [6, 6.07) is 11.7. The van der Waals surface area contributed by atoms with Crippen molar-refractivity contribution in [2.24, 2.45) is 0 Å². The fourth-order valence-electron chi connectivity index (χ4n) is 3.09. The number of benzene rings is 2. The Hall–Kier alpha value is -2.18. The zero-order chi connectivity index (χ0) is 18.7. The van der Waals surface area contributed by atoms with E-state index >= 15 is 0 Å². The second kappa shape index (κ2) is 7.60. The molecule has 0 aliphatic carbocycles. The summed E-state index contributed by atoms with van der Waals surface area (Å²) >= 11 is 0. The van der Waals surface area contributed by atoms with Crippen LogP contribution < -0.4 is 0 Å². The van der Waals surface area contributed by atoms with E-state index in [1.807, 2.05) is 12.1 Å². The predicted molar refractivity (Wildman–Crippen MR) is 94.1 cm³/mol. The van der Waals surface area contributed by atoms with Gasteiger partial charge in [0.25, 0.3) is 0 Å². The summed E-state index contributed by atoms with van der Waals surface area (Å²) in [5.41, 5.74) is 0.969. The Morgan fingerprint density at radius 3 is 2.19 bits per heavy atom. The molecule has 6 heteroatoms. The molecule has 0 atom stereocenters. The maximum absolute atomic E-state index is 12.8. The monoisotopic (exact) mass is 362 g/mol. The van der Waals surface area contributed by atoms with Crippen LogP contribution in [0.1, 0.15) is 27.0 Å². The number of likely N-dealkylation sites (N-methyl/N-ethyl adjacent to an activating group) is 1. The zero-order valence-corrected chi connectivity index (χ0v) is 14.6. The van der Waals surface area contributed by atoms with Gasteiger partial charge in [0.1, 0.15) is 0 Å². The average Bonchev–Trinajstić information content (AvgIpc) is 2.63. The van der Waals surface area contributed by atoms with Crippen LogP contribution in [0, 0.1) is 0 Å². The smallest absolute Gasteiger partial charge is 0.304 e. The lowest BCUT2D eigenvalue weighted by molar-refractivity contribution is -0.137. The van der Waals surface area contributed by atoms with Crippen LogP contribution in [0.3, 0.4) is 0 Å². The van der Waals surface area contributed by atoms with Gasteiger partial charge in [0.05, 0.1) is 5.56 Å². The summed E-state index contributed by atoms with van der Waals surface area (Å²) < 4.78 is 38.1. The number of hydrogen-bond donors (Lipinski definition) is 0. The van der Waals surface area contributed by atoms with Gasteiger partial charge in [-0.15, -0.1) is 0 Å². The summed E-state index contributed by atoms with van der Waals surface area (Å²) in [4.78, 5) is 17.4. The first-order valence-corrected chi connectivity index (χ1v) is 8.55. The van der Waals surface area contributed by atoms with E-state index < -0.39 is 11.7 Å². The molecule has 3 nitrogen and oxygen atoms in total. The summed E-state index contributed by atoms with van der Waals surface area (Å²) in [5, 5.41) is 0. The molecule has 0 unspecified atom stereocenters. The molecule has 0 aromatic heterocycles. The summed E-state index contributed by atoms with van der Waals surface area (Å²) in [5.74, 6) is -0.247. The van der Waals surface area contributed by atoms with E-state index in [1.54, 1.807) is 12.1 Å². The first-order chi connectivity index (χ1) is 12.3. The zero-order valence-electron chi connectivity index (χ0n) is 14.6. The van der Waals surface area contributed by atoms with Gasteiger partial charge in [0.15, 0.2) is 5.78 Å². The molecule has 26 heavy (non-hydrogen) atoms. The van der Waals surface area contributed by atoms with Crippen molar-refractivity contribution >= 4 is 5.78 Å². The molecule has 138 valence electrons. The fraction of sp³-hybridized carbons (Fsp3) is 0.350. The Balaban J connectivity index is 1.79. The van der Waals surface area contributed by atoms with Crippen LogP contribution in [0.15, 0.2) is 48.5 Å². The molecule has 2 aromatic rings. The lowest BCUT2D eigenvalue weighted by atomic mass is 9.97. The van der Waals surface area contributed by atoms with Crippen LogP contribution >= 0.6 is 0 Å². The van der Waals surface area contributed by atoms with Gasteiger partial charge in [-0.05, 0) is 24.7 Å². The van der Waals surface area contributed by atoms with Crippen molar-refractivity contribution in [3.8, 4) is 0 Å². The molecule has 0 bridgehead atoms. The van der Waals surface area contributed by atoms with Gasteiger partial charge in [-0.1, -0.05) is 36.4 Å². The first-order valence-electron chi connectivity index (χ1n) is 8.55. The van der Waals surface area contributed by atoms with Gasteiger partial charge >= 0.3 is 6.18 Å². The first kappa shape index (κ1) is 18.6. The summed E-state index contributed by atoms with van der Waals surface area (Å²) in [7, 11) is 2.08. The van der Waals surface area contributed by atoms with Crippen molar-refractivity contribution in [2.45, 2.75) is 12.7 Å². The van der Waals surface area contributed by atoms with Crippen LogP contribution in [0.5, 0.6) is 0 Å². The van der Waals surface area contributed by atoms with Crippen LogP contribution in [0.25, 0.3) is 0 Å². The molecule has 1 aliphatic heterocycles. The maximum atomic E-state index is 12.8. The molecule has 1 aliphatic rings. The number of carbonyl (C=O) groups excluding carboxylic acids is 1. The molecular weight excluding hydrogens is 341 g/mol. The molecule has 0 N–H and O–H groups in total. The number of nitrogens with zero attached hydrogens (tertiary/aromatic N) is 2. The summed E-state index contributed by atoms with van der Waals surface area (Å²) in [6.07, 6.45) is -4.40. The molecule has 0 saturated carbocycles. The second-order valence-corrected chi connectivity index (χ2v) is 6.64. The van der Waals surface area contributed by atoms with Crippen molar-refractivity contribution in [1.82, 2.24) is 9.80 Å². The van der Waals surface area contributed by atoms with Gasteiger partial charge in [-0.3, -0.25) is 9.69 Å². The number of alkyl halides is 3. The minimum atomic E-state index is -4.40. The topological polar surface area (TPSA) is 23.6 Å². The van der Waals surface area contributed by atoms with Gasteiger partial charge < -0.3 is 4.90 Å². The molecule has 0 radical (unpaired) electrons. The van der Waals surface area contributed by atoms with Crippen LogP contribution in [0.4, 0.5) is 13.2 Å². The molecule has 1 heterocycles. The number of hydrogen-bond acceptors (Lipinski definition) is 3. The van der Waals surface area contributed by atoms with E-state index in [-0.39, 0.29) is 11.3 Å². The van der Waals surface area contributed by atoms with E-state index in [1.165, 1.54) is 12.1 Å². The Kier molecular flexibility index (Phi) is 5.44. The van der Waals surface area contributed by atoms with Crippen LogP contribution in [-0.4, -0.2) is 48.8 Å². The highest BCUT2D eigenvalue weighted by Gasteiger charge is 2.30. The van der Waals surface area contributed by atoms with Crippen molar-refractivity contribution in [3.63, 3.8) is 0 Å². The van der Waals surface area contributed by atoms with E-state index in [2.05, 4.69) is 16.8 Å². The minimum absolute atomic E-state index is 0.247. The van der Waals surface area contributed by atoms with Gasteiger partial charge in [0.2, 0.25) is 0 Å². The lowest BCUT2D eigenvalue weighted by Gasteiger charge is -2.32. The Labute approximate surface area is 151 Å². The van der Waals surface area contributed by atoms with Crippen molar-refractivity contribution < 1.29 is 18.0 Å². The highest BCUT2D eigenvalue weighted by atomic mass is 19.4. The van der Waals surface area contributed by atoms with Gasteiger partial charge in [0, 0.05) is 43.9 Å². The molecule has 0 spiro atoms. The second-order valence-electron chi connectivity index (χ2n) is 6.64. The average molecular weight is 362 g/mol. The van der Waals surface area contributed by atoms with Crippen LogP contribution in [0.2, 0.25) is 0 Å². The number of rotatable bonds is 4. The molecule has 1 saturated heterocycles. The molecule has 2 aromatic carbocycles. The summed E-state index contributed by atoms with van der Waals surface area (Å²) in [6.45, 7) is 4.49. The number of ketones is 1. The van der Waals surface area contributed by atoms with E-state index in [0.717, 1.165) is 43.9 Å². The van der Waals surface area contributed by atoms with E-state index in [9.17, 15) is 18.0 Å². The quantitative estimate of drug-likeness (QED) is 0.775. The maximum Gasteiger partial charge on any atom is 0.416 e. The third-order valence-electron chi connectivity index (χ3n) is 4.73. The van der Waals surface area contributed by atoms with E-state index in [0.29, 0.717) is 12.1 Å². The highest BCUT2D eigenvalue weighted by Crippen LogP contribution is 2.29. The SMILES string of the molecule is CN1CCN(Cc2ccccc2C(=O)c2ccc(C(F)(F)F)cc2)CC1. The van der Waals surface area contributed by atoms with Gasteiger partial charge in [-0.25, -0.2) is 0 Å². The van der Waals surface area contributed by atoms with Crippen molar-refractivity contribution in [2.75, 3.05) is 33.2 Å². The normalized spacial score (nSPS) is 16.6. The minimum Gasteiger partial charge on any atom is -0.304 e. The predicted octanol–water partition coefficient (Wildman–Crippen LogP) is 3.68. The Morgan fingerprint density at radius 1 is 0.962 bits per heavy atom. The molecular formula is C20H21F3N2O. The number of piperazine rings is 1. The van der Waals surface area contributed by atoms with Crippen molar-refractivity contribution in [3.05, 3.63) is 70.8 Å². The van der Waals surface area contributed by atoms with Crippen LogP contribution in [-0.2, 0) is 12.7 Å². The fourth-order valence-corrected chi connectivity index (χ4v) is 3.09. The van der Waals surface area contributed by atoms with Gasteiger partial charge in [-0.2, -0.15) is 13.2 Å². The molecule has 1 fully saturated rings. The Morgan fingerprint density at radius 2 is 1.58 bits per heavy atom. The molecule has 0 amide bonds. The standard InChI is InChI=1S/C20H21F3N2O/c1-24-10-12-25(13-11-24)14-16-4-2-3-5-18(16)19(26)15-6-8-17(9-7-15)20(21,22)23/h2-9H,10-14H2,1H3. The van der Waals surface area contributed by atoms with Crippen molar-refractivity contribution in [1.29, 1.82) is 0 Å². The largest absolute Gasteiger partial charge is 0.416 e. The third kappa shape index (κ3) is 4.31. The third-order valence-corrected chi connectivity index (χ3v) is 4.73. The highest BCUT2D eigenvalue weighted by molar-refractivity contribution is 6.09. The number of carbonyl (C=O) groups is 1. The lowest BCUT2D eigenvalue weighted by Crippen LogP contribution is -2.44. The number of halogens is 3. The Bertz CT molecular complexity index is 763. The van der Waals surface area contributed by atoms with E-state index in [4.69, 9.17) is 0 Å².